The number of nitro groups is 1. The van der Waals surface area contributed by atoms with E-state index in [0.29, 0.717) is 16.9 Å². The number of nitrogens with one attached hydrogen (secondary N) is 2. The second kappa shape index (κ2) is 6.19. The molecule has 2 aromatic carbocycles. The fraction of sp³-hybridized carbons (Fsp3) is 0.143. The molecule has 0 aliphatic heterocycles. The number of non-ortho nitro benzene ring substituents is 1. The van der Waals surface area contributed by atoms with Crippen LogP contribution in [0.4, 0.5) is 21.5 Å². The molecular formula is C14H15FN4O2. The van der Waals surface area contributed by atoms with Crippen LogP contribution in [0.5, 0.6) is 0 Å². The summed E-state index contributed by atoms with van der Waals surface area (Å²) in [5.41, 5.74) is 3.62. The molecule has 110 valence electrons. The Hall–Kier alpha value is -2.67. The molecule has 0 aliphatic carbocycles. The van der Waals surface area contributed by atoms with E-state index in [9.17, 15) is 14.5 Å². The molecule has 1 unspecified atom stereocenters. The summed E-state index contributed by atoms with van der Waals surface area (Å²) in [5, 5.41) is 13.9. The van der Waals surface area contributed by atoms with Crippen LogP contribution in [0.2, 0.25) is 0 Å². The van der Waals surface area contributed by atoms with Crippen LogP contribution in [-0.4, -0.2) is 4.92 Å². The minimum atomic E-state index is -0.514. The van der Waals surface area contributed by atoms with Gasteiger partial charge in [0, 0.05) is 23.4 Å². The Labute approximate surface area is 120 Å². The highest BCUT2D eigenvalue weighted by Gasteiger charge is 2.13. The lowest BCUT2D eigenvalue weighted by Crippen LogP contribution is -2.11. The van der Waals surface area contributed by atoms with Crippen LogP contribution >= 0.6 is 0 Å². The Kier molecular flexibility index (Phi) is 4.34. The van der Waals surface area contributed by atoms with E-state index in [1.54, 1.807) is 31.2 Å². The summed E-state index contributed by atoms with van der Waals surface area (Å²) < 4.78 is 13.7. The van der Waals surface area contributed by atoms with E-state index in [1.807, 2.05) is 0 Å². The van der Waals surface area contributed by atoms with Crippen LogP contribution < -0.4 is 16.6 Å². The van der Waals surface area contributed by atoms with E-state index in [4.69, 9.17) is 5.84 Å². The molecule has 0 saturated carbocycles. The van der Waals surface area contributed by atoms with Gasteiger partial charge in [-0.25, -0.2) is 4.39 Å². The first-order valence-electron chi connectivity index (χ1n) is 6.28. The molecule has 2 aromatic rings. The molecule has 0 fully saturated rings. The van der Waals surface area contributed by atoms with E-state index < -0.39 is 4.92 Å². The van der Waals surface area contributed by atoms with Gasteiger partial charge in [-0.3, -0.25) is 16.0 Å². The SMILES string of the molecule is CC(Nc1cc(NN)cc([N+](=O)[O-])c1)c1ccccc1F. The van der Waals surface area contributed by atoms with Crippen LogP contribution in [0.3, 0.4) is 0 Å². The third kappa shape index (κ3) is 3.46. The maximum Gasteiger partial charge on any atom is 0.273 e. The molecular weight excluding hydrogens is 275 g/mol. The second-order valence-electron chi connectivity index (χ2n) is 4.56. The molecule has 0 amide bonds. The fourth-order valence-electron chi connectivity index (χ4n) is 2.04. The van der Waals surface area contributed by atoms with Gasteiger partial charge in [-0.1, -0.05) is 18.2 Å². The lowest BCUT2D eigenvalue weighted by molar-refractivity contribution is -0.384. The first-order valence-corrected chi connectivity index (χ1v) is 6.28. The van der Waals surface area contributed by atoms with Gasteiger partial charge in [0.15, 0.2) is 0 Å². The van der Waals surface area contributed by atoms with Crippen LogP contribution in [0.25, 0.3) is 0 Å². The summed E-state index contributed by atoms with van der Waals surface area (Å²) in [6.45, 7) is 1.77. The van der Waals surface area contributed by atoms with Gasteiger partial charge in [-0.2, -0.15) is 0 Å². The number of halogens is 1. The normalized spacial score (nSPS) is 11.8. The van der Waals surface area contributed by atoms with Gasteiger partial charge in [0.05, 0.1) is 16.7 Å². The van der Waals surface area contributed by atoms with Crippen molar-refractivity contribution >= 4 is 17.1 Å². The van der Waals surface area contributed by atoms with E-state index in [2.05, 4.69) is 10.7 Å². The zero-order valence-electron chi connectivity index (χ0n) is 11.3. The molecule has 0 saturated heterocycles. The Morgan fingerprint density at radius 2 is 1.90 bits per heavy atom. The molecule has 0 aliphatic rings. The highest BCUT2D eigenvalue weighted by molar-refractivity contribution is 5.63. The highest BCUT2D eigenvalue weighted by Crippen LogP contribution is 2.27. The summed E-state index contributed by atoms with van der Waals surface area (Å²) in [5.74, 6) is 4.96. The zero-order chi connectivity index (χ0) is 15.4. The van der Waals surface area contributed by atoms with Gasteiger partial charge in [0.2, 0.25) is 0 Å². The molecule has 0 bridgehead atoms. The third-order valence-corrected chi connectivity index (χ3v) is 3.05. The predicted octanol–water partition coefficient (Wildman–Crippen LogP) is 3.19. The Morgan fingerprint density at radius 3 is 2.52 bits per heavy atom. The first-order chi connectivity index (χ1) is 10.0. The molecule has 0 heterocycles. The number of nitrogens with two attached hydrogens (primary N) is 1. The zero-order valence-corrected chi connectivity index (χ0v) is 11.3. The minimum Gasteiger partial charge on any atom is -0.378 e. The van der Waals surface area contributed by atoms with E-state index >= 15 is 0 Å². The van der Waals surface area contributed by atoms with Crippen molar-refractivity contribution in [2.24, 2.45) is 5.84 Å². The number of anilines is 2. The smallest absolute Gasteiger partial charge is 0.273 e. The minimum absolute atomic E-state index is 0.103. The summed E-state index contributed by atoms with van der Waals surface area (Å²) in [7, 11) is 0. The highest BCUT2D eigenvalue weighted by atomic mass is 19.1. The van der Waals surface area contributed by atoms with Gasteiger partial charge < -0.3 is 10.7 Å². The molecule has 4 N–H and O–H groups in total. The van der Waals surface area contributed by atoms with E-state index in [0.717, 1.165) is 0 Å². The number of nitrogen functional groups attached to an aromatic ring is 1. The third-order valence-electron chi connectivity index (χ3n) is 3.05. The Bertz CT molecular complexity index is 663. The Balaban J connectivity index is 2.28. The molecule has 7 heteroatoms. The molecule has 21 heavy (non-hydrogen) atoms. The lowest BCUT2D eigenvalue weighted by atomic mass is 10.1. The van der Waals surface area contributed by atoms with Crippen LogP contribution in [0.1, 0.15) is 18.5 Å². The van der Waals surface area contributed by atoms with Gasteiger partial charge >= 0.3 is 0 Å². The number of hydrogen-bond acceptors (Lipinski definition) is 5. The average Bonchev–Trinajstić information content (AvgIpc) is 2.47. The van der Waals surface area contributed by atoms with E-state index in [-0.39, 0.29) is 17.5 Å². The second-order valence-corrected chi connectivity index (χ2v) is 4.56. The summed E-state index contributed by atoms with van der Waals surface area (Å²) in [6.07, 6.45) is 0. The van der Waals surface area contributed by atoms with Crippen molar-refractivity contribution in [3.8, 4) is 0 Å². The average molecular weight is 290 g/mol. The number of nitrogens with zero attached hydrogens (tertiary/aromatic N) is 1. The predicted molar refractivity (Wildman–Crippen MR) is 79.3 cm³/mol. The number of benzene rings is 2. The lowest BCUT2D eigenvalue weighted by Gasteiger charge is -2.17. The number of hydrazine groups is 1. The first kappa shape index (κ1) is 14.7. The maximum absolute atomic E-state index is 13.7. The standard InChI is InChI=1S/C14H15FN4O2/c1-9(13-4-2-3-5-14(13)15)17-10-6-11(18-16)8-12(7-10)19(20)21/h2-9,17-18H,16H2,1H3. The summed E-state index contributed by atoms with van der Waals surface area (Å²) >= 11 is 0. The largest absolute Gasteiger partial charge is 0.378 e. The number of nitro benzene ring substituents is 1. The monoisotopic (exact) mass is 290 g/mol. The molecule has 0 aromatic heterocycles. The molecule has 0 radical (unpaired) electrons. The summed E-state index contributed by atoms with van der Waals surface area (Å²) in [4.78, 5) is 10.4. The van der Waals surface area contributed by atoms with Crippen molar-refractivity contribution < 1.29 is 9.31 Å². The Morgan fingerprint density at radius 1 is 1.24 bits per heavy atom. The molecule has 0 spiro atoms. The van der Waals surface area contributed by atoms with Crippen LogP contribution in [-0.2, 0) is 0 Å². The van der Waals surface area contributed by atoms with Gasteiger partial charge in [-0.15, -0.1) is 0 Å². The van der Waals surface area contributed by atoms with Crippen molar-refractivity contribution in [1.29, 1.82) is 0 Å². The van der Waals surface area contributed by atoms with Crippen molar-refractivity contribution in [3.63, 3.8) is 0 Å². The van der Waals surface area contributed by atoms with Gasteiger partial charge in [0.25, 0.3) is 5.69 Å². The van der Waals surface area contributed by atoms with Crippen molar-refractivity contribution in [3.05, 3.63) is 64.0 Å². The molecule has 1 atom stereocenters. The van der Waals surface area contributed by atoms with Crippen molar-refractivity contribution in [2.75, 3.05) is 10.7 Å². The summed E-state index contributed by atoms with van der Waals surface area (Å²) in [6, 6.07) is 10.3. The van der Waals surface area contributed by atoms with Crippen LogP contribution in [0.15, 0.2) is 42.5 Å². The molecule has 2 rings (SSSR count). The van der Waals surface area contributed by atoms with Crippen LogP contribution in [0, 0.1) is 15.9 Å². The fourth-order valence-corrected chi connectivity index (χ4v) is 2.04. The molecule has 6 nitrogen and oxygen atoms in total. The van der Waals surface area contributed by atoms with E-state index in [1.165, 1.54) is 18.2 Å². The number of hydrogen-bond donors (Lipinski definition) is 3. The quantitative estimate of drug-likeness (QED) is 0.446. The topological polar surface area (TPSA) is 93.2 Å². The van der Waals surface area contributed by atoms with Gasteiger partial charge in [-0.05, 0) is 19.1 Å². The van der Waals surface area contributed by atoms with Gasteiger partial charge in [0.1, 0.15) is 5.82 Å². The maximum atomic E-state index is 13.7. The number of rotatable bonds is 5. The van der Waals surface area contributed by atoms with Crippen molar-refractivity contribution in [2.45, 2.75) is 13.0 Å². The van der Waals surface area contributed by atoms with Crippen molar-refractivity contribution in [1.82, 2.24) is 0 Å².